The van der Waals surface area contributed by atoms with Crippen LogP contribution in [0.3, 0.4) is 0 Å². The van der Waals surface area contributed by atoms with E-state index < -0.39 is 10.0 Å². The molecular formula is C13H20N2O3S2. The Bertz CT molecular complexity index is 532. The molecule has 1 aliphatic heterocycles. The number of thiophene rings is 1. The molecule has 112 valence electrons. The van der Waals surface area contributed by atoms with E-state index in [4.69, 9.17) is 4.74 Å². The van der Waals surface area contributed by atoms with Crippen molar-refractivity contribution in [2.75, 3.05) is 32.8 Å². The van der Waals surface area contributed by atoms with Crippen LogP contribution in [0.25, 0.3) is 0 Å². The predicted molar refractivity (Wildman–Crippen MR) is 78.5 cm³/mol. The van der Waals surface area contributed by atoms with Crippen molar-refractivity contribution in [3.63, 3.8) is 0 Å². The molecule has 0 amide bonds. The second kappa shape index (κ2) is 5.73. The van der Waals surface area contributed by atoms with Gasteiger partial charge in [0.2, 0.25) is 10.0 Å². The van der Waals surface area contributed by atoms with Gasteiger partial charge in [-0.05, 0) is 30.7 Å². The second-order valence-corrected chi connectivity index (χ2v) is 8.38. The van der Waals surface area contributed by atoms with E-state index in [-0.39, 0.29) is 5.54 Å². The number of morpholine rings is 1. The lowest BCUT2D eigenvalue weighted by Crippen LogP contribution is -2.62. The topological polar surface area (TPSA) is 58.6 Å². The Balaban J connectivity index is 1.66. The third kappa shape index (κ3) is 2.78. The zero-order valence-corrected chi connectivity index (χ0v) is 13.0. The first-order valence-corrected chi connectivity index (χ1v) is 9.35. The van der Waals surface area contributed by atoms with Crippen LogP contribution in [-0.2, 0) is 14.8 Å². The van der Waals surface area contributed by atoms with Gasteiger partial charge in [-0.1, -0.05) is 6.07 Å². The fourth-order valence-corrected chi connectivity index (χ4v) is 5.10. The first-order chi connectivity index (χ1) is 9.62. The standard InChI is InChI=1S/C13H20N2O3S2/c16-20(17,12-3-1-10-19-12)14-11-13(4-2-5-13)15-6-8-18-9-7-15/h1,3,10,14H,2,4-9,11H2. The van der Waals surface area contributed by atoms with Crippen molar-refractivity contribution < 1.29 is 13.2 Å². The fraction of sp³-hybridized carbons (Fsp3) is 0.692. The molecule has 5 nitrogen and oxygen atoms in total. The molecule has 2 fully saturated rings. The molecule has 2 aliphatic rings. The molecule has 3 rings (SSSR count). The van der Waals surface area contributed by atoms with Gasteiger partial charge in [0.1, 0.15) is 4.21 Å². The average Bonchev–Trinajstić information content (AvgIpc) is 2.93. The van der Waals surface area contributed by atoms with Crippen LogP contribution in [0.4, 0.5) is 0 Å². The van der Waals surface area contributed by atoms with E-state index in [2.05, 4.69) is 9.62 Å². The maximum atomic E-state index is 12.2. The smallest absolute Gasteiger partial charge is 0.250 e. The Hall–Kier alpha value is -0.470. The van der Waals surface area contributed by atoms with E-state index in [1.165, 1.54) is 17.8 Å². The molecule has 0 bridgehead atoms. The Morgan fingerprint density at radius 1 is 1.35 bits per heavy atom. The SMILES string of the molecule is O=S(=O)(NCC1(N2CCOCC2)CCC1)c1cccs1. The fourth-order valence-electron chi connectivity index (χ4n) is 2.94. The summed E-state index contributed by atoms with van der Waals surface area (Å²) in [6.07, 6.45) is 3.32. The lowest BCUT2D eigenvalue weighted by atomic mass is 9.75. The summed E-state index contributed by atoms with van der Waals surface area (Å²) in [5, 5.41) is 1.79. The molecule has 1 aromatic heterocycles. The van der Waals surface area contributed by atoms with Gasteiger partial charge in [0.15, 0.2) is 0 Å². The minimum atomic E-state index is -3.35. The summed E-state index contributed by atoms with van der Waals surface area (Å²) in [7, 11) is -3.35. The maximum Gasteiger partial charge on any atom is 0.250 e. The molecule has 1 aromatic rings. The van der Waals surface area contributed by atoms with Crippen LogP contribution in [0.15, 0.2) is 21.7 Å². The molecule has 0 radical (unpaired) electrons. The molecule has 1 saturated carbocycles. The molecule has 7 heteroatoms. The van der Waals surface area contributed by atoms with Crippen molar-refractivity contribution in [1.29, 1.82) is 0 Å². The van der Waals surface area contributed by atoms with Crippen molar-refractivity contribution in [2.45, 2.75) is 29.0 Å². The molecule has 0 aromatic carbocycles. The zero-order chi connectivity index (χ0) is 14.1. The van der Waals surface area contributed by atoms with Crippen LogP contribution in [-0.4, -0.2) is 51.7 Å². The minimum Gasteiger partial charge on any atom is -0.379 e. The van der Waals surface area contributed by atoms with Crippen LogP contribution >= 0.6 is 11.3 Å². The van der Waals surface area contributed by atoms with Crippen LogP contribution < -0.4 is 4.72 Å². The number of ether oxygens (including phenoxy) is 1. The molecule has 1 aliphatic carbocycles. The van der Waals surface area contributed by atoms with Gasteiger partial charge in [-0.2, -0.15) is 0 Å². The lowest BCUT2D eigenvalue weighted by Gasteiger charge is -2.51. The quantitative estimate of drug-likeness (QED) is 0.889. The monoisotopic (exact) mass is 316 g/mol. The molecule has 2 heterocycles. The Labute approximate surface area is 124 Å². The molecule has 0 unspecified atom stereocenters. The van der Waals surface area contributed by atoms with E-state index in [0.29, 0.717) is 10.8 Å². The second-order valence-electron chi connectivity index (χ2n) is 5.43. The highest BCUT2D eigenvalue weighted by atomic mass is 32.2. The summed E-state index contributed by atoms with van der Waals surface area (Å²) in [6, 6.07) is 3.41. The Kier molecular flexibility index (Phi) is 4.14. The van der Waals surface area contributed by atoms with Crippen molar-refractivity contribution in [3.8, 4) is 0 Å². The summed E-state index contributed by atoms with van der Waals surface area (Å²) in [5.74, 6) is 0. The molecule has 0 atom stereocenters. The molecular weight excluding hydrogens is 296 g/mol. The summed E-state index contributed by atoms with van der Waals surface area (Å²) in [6.45, 7) is 3.81. The van der Waals surface area contributed by atoms with Crippen molar-refractivity contribution >= 4 is 21.4 Å². The minimum absolute atomic E-state index is 0.00805. The highest BCUT2D eigenvalue weighted by molar-refractivity contribution is 7.91. The van der Waals surface area contributed by atoms with Crippen molar-refractivity contribution in [2.24, 2.45) is 0 Å². The summed E-state index contributed by atoms with van der Waals surface area (Å²) < 4.78 is 33.0. The largest absolute Gasteiger partial charge is 0.379 e. The van der Waals surface area contributed by atoms with E-state index in [1.807, 2.05) is 0 Å². The summed E-state index contributed by atoms with van der Waals surface area (Å²) >= 11 is 1.26. The third-order valence-corrected chi connectivity index (χ3v) is 7.12. The number of hydrogen-bond donors (Lipinski definition) is 1. The van der Waals surface area contributed by atoms with Crippen LogP contribution in [0.2, 0.25) is 0 Å². The molecule has 1 N–H and O–H groups in total. The summed E-state index contributed by atoms with van der Waals surface area (Å²) in [4.78, 5) is 2.40. The molecule has 1 saturated heterocycles. The maximum absolute atomic E-state index is 12.2. The van der Waals surface area contributed by atoms with E-state index in [0.717, 1.165) is 39.1 Å². The number of rotatable bonds is 5. The van der Waals surface area contributed by atoms with Gasteiger partial charge in [0.05, 0.1) is 13.2 Å². The first-order valence-electron chi connectivity index (χ1n) is 6.98. The number of nitrogens with one attached hydrogen (secondary N) is 1. The Morgan fingerprint density at radius 3 is 2.65 bits per heavy atom. The third-order valence-electron chi connectivity index (χ3n) is 4.32. The number of sulfonamides is 1. The molecule has 20 heavy (non-hydrogen) atoms. The van der Waals surface area contributed by atoms with Crippen molar-refractivity contribution in [3.05, 3.63) is 17.5 Å². The van der Waals surface area contributed by atoms with Gasteiger partial charge in [-0.25, -0.2) is 13.1 Å². The van der Waals surface area contributed by atoms with Crippen LogP contribution in [0, 0.1) is 0 Å². The number of nitrogens with zero attached hydrogens (tertiary/aromatic N) is 1. The van der Waals surface area contributed by atoms with E-state index in [1.54, 1.807) is 17.5 Å². The normalized spacial score (nSPS) is 23.4. The van der Waals surface area contributed by atoms with Crippen molar-refractivity contribution in [1.82, 2.24) is 9.62 Å². The van der Waals surface area contributed by atoms with Crippen LogP contribution in [0.5, 0.6) is 0 Å². The predicted octanol–water partition coefficient (Wildman–Crippen LogP) is 1.28. The van der Waals surface area contributed by atoms with E-state index >= 15 is 0 Å². The summed E-state index contributed by atoms with van der Waals surface area (Å²) in [5.41, 5.74) is 0.00805. The first kappa shape index (κ1) is 14.5. The Morgan fingerprint density at radius 2 is 2.10 bits per heavy atom. The van der Waals surface area contributed by atoms with E-state index in [9.17, 15) is 8.42 Å². The van der Waals surface area contributed by atoms with Gasteiger partial charge >= 0.3 is 0 Å². The zero-order valence-electron chi connectivity index (χ0n) is 11.4. The molecule has 0 spiro atoms. The van der Waals surface area contributed by atoms with Gasteiger partial charge < -0.3 is 4.74 Å². The van der Waals surface area contributed by atoms with Crippen LogP contribution in [0.1, 0.15) is 19.3 Å². The lowest BCUT2D eigenvalue weighted by molar-refractivity contribution is -0.0527. The average molecular weight is 316 g/mol. The van der Waals surface area contributed by atoms with Gasteiger partial charge in [-0.3, -0.25) is 4.90 Å². The highest BCUT2D eigenvalue weighted by Gasteiger charge is 2.43. The van der Waals surface area contributed by atoms with Gasteiger partial charge in [0, 0.05) is 25.2 Å². The van der Waals surface area contributed by atoms with Gasteiger partial charge in [-0.15, -0.1) is 11.3 Å². The number of hydrogen-bond acceptors (Lipinski definition) is 5. The highest BCUT2D eigenvalue weighted by Crippen LogP contribution is 2.38. The van der Waals surface area contributed by atoms with Gasteiger partial charge in [0.25, 0.3) is 0 Å².